The lowest BCUT2D eigenvalue weighted by molar-refractivity contribution is -0.870. The molecule has 0 aliphatic rings. The number of nitrogens with zero attached hydrogens (tertiary/aromatic N) is 1. The fourth-order valence-corrected chi connectivity index (χ4v) is 10.9. The first-order valence-electron chi connectivity index (χ1n) is 35.2. The van der Waals surface area contributed by atoms with Gasteiger partial charge >= 0.3 is 5.97 Å². The predicted octanol–water partition coefficient (Wildman–Crippen LogP) is 21.7. The van der Waals surface area contributed by atoms with Crippen molar-refractivity contribution in [2.75, 3.05) is 40.9 Å². The van der Waals surface area contributed by atoms with E-state index in [0.717, 1.165) is 89.9 Å². The van der Waals surface area contributed by atoms with Crippen molar-refractivity contribution in [1.29, 1.82) is 0 Å². The molecule has 0 saturated heterocycles. The molecule has 484 valence electrons. The van der Waals surface area contributed by atoms with Gasteiger partial charge in [0.1, 0.15) is 19.3 Å². The van der Waals surface area contributed by atoms with E-state index in [0.29, 0.717) is 23.9 Å². The number of hydrogen-bond donors (Lipinski definition) is 1. The zero-order valence-electron chi connectivity index (χ0n) is 55.4. The number of phosphoric acid groups is 1. The van der Waals surface area contributed by atoms with Crippen molar-refractivity contribution in [2.45, 2.75) is 341 Å². The Morgan fingerprint density at radius 1 is 0.422 bits per heavy atom. The molecular weight excluding hydrogens is 1050 g/mol. The number of quaternary nitrogens is 1. The maximum Gasteiger partial charge on any atom is 0.306 e. The van der Waals surface area contributed by atoms with Crippen LogP contribution >= 0.6 is 7.82 Å². The minimum Gasteiger partial charge on any atom is -0.756 e. The Morgan fingerprint density at radius 2 is 0.735 bits per heavy atom. The molecule has 0 rings (SSSR count). The second-order valence-corrected chi connectivity index (χ2v) is 26.4. The van der Waals surface area contributed by atoms with Crippen molar-refractivity contribution in [1.82, 2.24) is 5.32 Å². The van der Waals surface area contributed by atoms with Gasteiger partial charge in [-0.05, 0) is 102 Å². The predicted molar refractivity (Wildman–Crippen MR) is 358 cm³/mol. The van der Waals surface area contributed by atoms with Gasteiger partial charge in [0.05, 0.1) is 33.8 Å². The van der Waals surface area contributed by atoms with Crippen LogP contribution in [-0.4, -0.2) is 69.4 Å². The van der Waals surface area contributed by atoms with Crippen LogP contribution in [0.3, 0.4) is 0 Å². The first-order valence-corrected chi connectivity index (χ1v) is 36.7. The van der Waals surface area contributed by atoms with Gasteiger partial charge in [-0.2, -0.15) is 0 Å². The maximum absolute atomic E-state index is 13.6. The Hall–Kier alpha value is -2.55. The van der Waals surface area contributed by atoms with E-state index in [1.54, 1.807) is 0 Å². The molecule has 0 heterocycles. The molecule has 0 aromatic carbocycles. The lowest BCUT2D eigenvalue weighted by Crippen LogP contribution is -2.47. The summed E-state index contributed by atoms with van der Waals surface area (Å²) >= 11 is 0. The summed E-state index contributed by atoms with van der Waals surface area (Å²) in [5.41, 5.74) is 0. The van der Waals surface area contributed by atoms with Gasteiger partial charge in [0.25, 0.3) is 7.82 Å². The normalized spacial score (nSPS) is 14.0. The topological polar surface area (TPSA) is 114 Å². The standard InChI is InChI=1S/C73H135N2O7P/c1-7-10-13-16-19-22-25-28-30-32-34-36-37-39-40-42-44-47-50-53-56-59-62-65-72(76)74-70(69-81-83(78,79)80-68-67-75(4,5)6)71(64-61-58-55-52-49-46-27-24-21-18-15-12-9-3)82-73(77)66-63-60-57-54-51-48-45-43-41-38-35-33-31-29-26-23-20-17-14-11-8-2/h20,23,28-31,35,38,43,45,61,64,70-71H,7-19,21-22,24-27,32-34,36-37,39-42,44,46-60,62-63,65-69H2,1-6H3,(H-,74,76,78,79)/b23-20-,30-28+,31-29-,38-35-,45-43-,64-61+. The number of carbonyl (C=O) groups excluding carboxylic acids is 2. The number of carbonyl (C=O) groups is 2. The van der Waals surface area contributed by atoms with Gasteiger partial charge in [0.2, 0.25) is 5.91 Å². The minimum absolute atomic E-state index is 0.0268. The molecule has 0 aromatic heterocycles. The molecule has 10 heteroatoms. The molecule has 0 fully saturated rings. The molecule has 0 saturated carbocycles. The van der Waals surface area contributed by atoms with E-state index in [1.807, 2.05) is 33.3 Å². The van der Waals surface area contributed by atoms with E-state index in [9.17, 15) is 19.0 Å². The van der Waals surface area contributed by atoms with Crippen LogP contribution < -0.4 is 10.2 Å². The molecule has 9 nitrogen and oxygen atoms in total. The summed E-state index contributed by atoms with van der Waals surface area (Å²) in [6.07, 6.45) is 81.6. The largest absolute Gasteiger partial charge is 0.756 e. The number of ether oxygens (including phenoxy) is 1. The number of unbranched alkanes of at least 4 members (excludes halogenated alkanes) is 38. The van der Waals surface area contributed by atoms with E-state index in [-0.39, 0.29) is 24.9 Å². The quantitative estimate of drug-likeness (QED) is 0.0212. The highest BCUT2D eigenvalue weighted by Gasteiger charge is 2.27. The monoisotopic (exact) mass is 1180 g/mol. The highest BCUT2D eigenvalue weighted by atomic mass is 31.2. The van der Waals surface area contributed by atoms with Crippen LogP contribution in [0.5, 0.6) is 0 Å². The van der Waals surface area contributed by atoms with E-state index in [2.05, 4.69) is 86.8 Å². The Kier molecular flexibility index (Phi) is 60.6. The van der Waals surface area contributed by atoms with E-state index >= 15 is 0 Å². The number of nitrogens with one attached hydrogen (secondary N) is 1. The van der Waals surface area contributed by atoms with Gasteiger partial charge in [-0.3, -0.25) is 14.2 Å². The summed E-state index contributed by atoms with van der Waals surface area (Å²) in [4.78, 5) is 40.2. The first-order chi connectivity index (χ1) is 40.4. The minimum atomic E-state index is -4.71. The zero-order valence-corrected chi connectivity index (χ0v) is 56.3. The number of phosphoric ester groups is 1. The molecule has 0 bridgehead atoms. The van der Waals surface area contributed by atoms with Crippen molar-refractivity contribution in [3.05, 3.63) is 72.9 Å². The summed E-state index contributed by atoms with van der Waals surface area (Å²) in [5, 5.41) is 3.04. The molecule has 0 spiro atoms. The highest BCUT2D eigenvalue weighted by molar-refractivity contribution is 7.45. The fraction of sp³-hybridized carbons (Fsp3) is 0.808. The number of hydrogen-bond acceptors (Lipinski definition) is 7. The molecule has 0 aliphatic carbocycles. The molecule has 3 unspecified atom stereocenters. The summed E-state index contributed by atoms with van der Waals surface area (Å²) < 4.78 is 30.4. The van der Waals surface area contributed by atoms with Crippen LogP contribution in [0, 0.1) is 0 Å². The van der Waals surface area contributed by atoms with Gasteiger partial charge in [-0.15, -0.1) is 0 Å². The average molecular weight is 1180 g/mol. The Balaban J connectivity index is 5.16. The second-order valence-electron chi connectivity index (χ2n) is 25.0. The molecule has 3 atom stereocenters. The summed E-state index contributed by atoms with van der Waals surface area (Å²) in [6.45, 7) is 6.83. The lowest BCUT2D eigenvalue weighted by Gasteiger charge is -2.30. The molecular formula is C73H135N2O7P. The number of rotatable bonds is 64. The molecule has 0 aromatic rings. The summed E-state index contributed by atoms with van der Waals surface area (Å²) in [6, 6.07) is -0.899. The van der Waals surface area contributed by atoms with Gasteiger partial charge < -0.3 is 28.5 Å². The van der Waals surface area contributed by atoms with Gasteiger partial charge in [0, 0.05) is 12.8 Å². The van der Waals surface area contributed by atoms with Crippen LogP contribution in [0.25, 0.3) is 0 Å². The molecule has 83 heavy (non-hydrogen) atoms. The van der Waals surface area contributed by atoms with Crippen molar-refractivity contribution in [2.24, 2.45) is 0 Å². The van der Waals surface area contributed by atoms with Gasteiger partial charge in [0.15, 0.2) is 0 Å². The van der Waals surface area contributed by atoms with Crippen molar-refractivity contribution < 1.29 is 37.3 Å². The van der Waals surface area contributed by atoms with Crippen LogP contribution in [0.1, 0.15) is 329 Å². The van der Waals surface area contributed by atoms with Crippen molar-refractivity contribution >= 4 is 19.7 Å². The van der Waals surface area contributed by atoms with Crippen LogP contribution in [0.4, 0.5) is 0 Å². The number of allylic oxidation sites excluding steroid dienone is 11. The number of esters is 1. The molecule has 1 amide bonds. The first kappa shape index (κ1) is 80.5. The lowest BCUT2D eigenvalue weighted by atomic mass is 10.0. The van der Waals surface area contributed by atoms with E-state index in [1.165, 1.54) is 199 Å². The van der Waals surface area contributed by atoms with Crippen molar-refractivity contribution in [3.63, 3.8) is 0 Å². The van der Waals surface area contributed by atoms with Crippen LogP contribution in [0.2, 0.25) is 0 Å². The smallest absolute Gasteiger partial charge is 0.306 e. The molecule has 0 aliphatic heterocycles. The summed E-state index contributed by atoms with van der Waals surface area (Å²) in [7, 11) is 1.18. The summed E-state index contributed by atoms with van der Waals surface area (Å²) in [5.74, 6) is -0.553. The fourth-order valence-electron chi connectivity index (χ4n) is 10.1. The maximum atomic E-state index is 13.6. The van der Waals surface area contributed by atoms with Crippen LogP contribution in [0.15, 0.2) is 72.9 Å². The van der Waals surface area contributed by atoms with Gasteiger partial charge in [-0.1, -0.05) is 287 Å². The Labute approximate surface area is 514 Å². The SMILES string of the molecule is CCCCC/C=C\C/C=C\C/C=C\C/C=C\CCCCCCCC(=O)OC(/C=C/CCCCCCCCCCCCC)C(COP(=O)([O-])OCC[N+](C)(C)C)NC(=O)CCCCCCCCCCCCCCC/C=C/CCCCCCCC. The average Bonchev–Trinajstić information content (AvgIpc) is 3.47. The third kappa shape index (κ3) is 63.8. The van der Waals surface area contributed by atoms with Crippen LogP contribution in [-0.2, 0) is 27.9 Å². The zero-order chi connectivity index (χ0) is 60.7. The Morgan fingerprint density at radius 3 is 1.13 bits per heavy atom. The van der Waals surface area contributed by atoms with Gasteiger partial charge in [-0.25, -0.2) is 0 Å². The Bertz CT molecular complexity index is 1650. The molecule has 0 radical (unpaired) electrons. The van der Waals surface area contributed by atoms with E-state index < -0.39 is 26.6 Å². The number of amides is 1. The third-order valence-corrected chi connectivity index (χ3v) is 16.6. The number of likely N-dealkylation sites (N-methyl/N-ethyl adjacent to an activating group) is 1. The third-order valence-electron chi connectivity index (χ3n) is 15.6. The second kappa shape index (κ2) is 62.5. The molecule has 1 N–H and O–H groups in total. The van der Waals surface area contributed by atoms with E-state index in [4.69, 9.17) is 13.8 Å². The highest BCUT2D eigenvalue weighted by Crippen LogP contribution is 2.38. The van der Waals surface area contributed by atoms with Crippen molar-refractivity contribution in [3.8, 4) is 0 Å².